The lowest BCUT2D eigenvalue weighted by molar-refractivity contribution is 0.119. The van der Waals surface area contributed by atoms with Crippen molar-refractivity contribution in [2.45, 2.75) is 31.9 Å². The predicted octanol–water partition coefficient (Wildman–Crippen LogP) is 0.888. The van der Waals surface area contributed by atoms with Crippen molar-refractivity contribution in [2.24, 2.45) is 0 Å². The van der Waals surface area contributed by atoms with Crippen LogP contribution in [0.2, 0.25) is 0 Å². The quantitative estimate of drug-likeness (QED) is 0.729. The van der Waals surface area contributed by atoms with E-state index >= 15 is 0 Å². The number of hydrogen-bond acceptors (Lipinski definition) is 5. The van der Waals surface area contributed by atoms with E-state index in [0.29, 0.717) is 0 Å². The molecule has 2 atom stereocenters. The largest absolute Gasteiger partial charge is 0.391 e. The number of nitrogens with zero attached hydrogens (tertiary/aromatic N) is 3. The predicted molar refractivity (Wildman–Crippen MR) is 52.0 cm³/mol. The molecule has 0 bridgehead atoms. The van der Waals surface area contributed by atoms with E-state index in [4.69, 9.17) is 0 Å². The highest BCUT2D eigenvalue weighted by molar-refractivity contribution is 7.13. The molecule has 0 amide bonds. The minimum atomic E-state index is -0.224. The van der Waals surface area contributed by atoms with E-state index in [2.05, 4.69) is 15.1 Å². The second kappa shape index (κ2) is 3.59. The lowest BCUT2D eigenvalue weighted by Gasteiger charge is -2.36. The Bertz CT molecular complexity index is 264. The Morgan fingerprint density at radius 2 is 2.54 bits per heavy atom. The number of anilines is 1. The third-order valence-electron chi connectivity index (χ3n) is 2.54. The van der Waals surface area contributed by atoms with Crippen molar-refractivity contribution >= 4 is 16.5 Å². The Morgan fingerprint density at radius 1 is 1.69 bits per heavy atom. The molecule has 1 aromatic heterocycles. The van der Waals surface area contributed by atoms with Gasteiger partial charge in [0, 0.05) is 6.54 Å². The molecule has 4 nitrogen and oxygen atoms in total. The van der Waals surface area contributed by atoms with Crippen LogP contribution in [0.4, 0.5) is 5.13 Å². The summed E-state index contributed by atoms with van der Waals surface area (Å²) < 4.78 is 0. The van der Waals surface area contributed by atoms with Gasteiger partial charge >= 0.3 is 0 Å². The smallest absolute Gasteiger partial charge is 0.208 e. The summed E-state index contributed by atoms with van der Waals surface area (Å²) in [6.45, 7) is 3.01. The van der Waals surface area contributed by atoms with Gasteiger partial charge in [-0.3, -0.25) is 0 Å². The molecular weight excluding hydrogens is 186 g/mol. The van der Waals surface area contributed by atoms with Crippen molar-refractivity contribution in [3.63, 3.8) is 0 Å². The normalized spacial score (nSPS) is 29.2. The van der Waals surface area contributed by atoms with E-state index in [0.717, 1.165) is 24.5 Å². The van der Waals surface area contributed by atoms with E-state index in [1.807, 2.05) is 6.92 Å². The van der Waals surface area contributed by atoms with Gasteiger partial charge in [-0.15, -0.1) is 10.2 Å². The average molecular weight is 199 g/mol. The first kappa shape index (κ1) is 8.90. The Labute approximate surface area is 81.2 Å². The lowest BCUT2D eigenvalue weighted by atomic mass is 10.0. The molecule has 1 saturated heterocycles. The topological polar surface area (TPSA) is 49.2 Å². The first-order chi connectivity index (χ1) is 6.29. The lowest BCUT2D eigenvalue weighted by Crippen LogP contribution is -2.46. The number of piperidine rings is 1. The second-order valence-electron chi connectivity index (χ2n) is 3.36. The Hall–Kier alpha value is -0.680. The van der Waals surface area contributed by atoms with Crippen molar-refractivity contribution < 1.29 is 5.11 Å². The second-order valence-corrected chi connectivity index (χ2v) is 4.18. The fraction of sp³-hybridized carbons (Fsp3) is 0.750. The molecule has 5 heteroatoms. The molecule has 1 N–H and O–H groups in total. The molecule has 13 heavy (non-hydrogen) atoms. The fourth-order valence-corrected chi connectivity index (χ4v) is 2.36. The zero-order valence-corrected chi connectivity index (χ0v) is 8.37. The van der Waals surface area contributed by atoms with E-state index in [1.54, 1.807) is 5.51 Å². The average Bonchev–Trinajstić information content (AvgIpc) is 2.62. The van der Waals surface area contributed by atoms with Gasteiger partial charge in [-0.05, 0) is 19.8 Å². The molecule has 0 spiro atoms. The minimum Gasteiger partial charge on any atom is -0.391 e. The maximum atomic E-state index is 9.66. The monoisotopic (exact) mass is 199 g/mol. The SMILES string of the molecule is CC1C(O)CCCN1c1nncs1. The van der Waals surface area contributed by atoms with Gasteiger partial charge in [0.25, 0.3) is 0 Å². The molecule has 0 aromatic carbocycles. The number of rotatable bonds is 1. The van der Waals surface area contributed by atoms with Crippen molar-refractivity contribution in [3.8, 4) is 0 Å². The van der Waals surface area contributed by atoms with E-state index in [-0.39, 0.29) is 12.1 Å². The minimum absolute atomic E-state index is 0.168. The van der Waals surface area contributed by atoms with Crippen LogP contribution in [0.3, 0.4) is 0 Å². The van der Waals surface area contributed by atoms with Crippen LogP contribution in [0.5, 0.6) is 0 Å². The van der Waals surface area contributed by atoms with Crippen LogP contribution in [0.1, 0.15) is 19.8 Å². The number of aliphatic hydroxyl groups is 1. The summed E-state index contributed by atoms with van der Waals surface area (Å²) >= 11 is 1.53. The third-order valence-corrected chi connectivity index (χ3v) is 3.27. The molecule has 2 rings (SSSR count). The molecule has 1 fully saturated rings. The van der Waals surface area contributed by atoms with Gasteiger partial charge in [0.1, 0.15) is 5.51 Å². The van der Waals surface area contributed by atoms with Crippen LogP contribution in [0.15, 0.2) is 5.51 Å². The molecule has 72 valence electrons. The Balaban J connectivity index is 2.14. The Kier molecular flexibility index (Phi) is 2.46. The van der Waals surface area contributed by atoms with Gasteiger partial charge in [-0.2, -0.15) is 0 Å². The summed E-state index contributed by atoms with van der Waals surface area (Å²) in [5.74, 6) is 0. The van der Waals surface area contributed by atoms with Gasteiger partial charge < -0.3 is 10.0 Å². The van der Waals surface area contributed by atoms with Crippen LogP contribution in [-0.4, -0.2) is 34.0 Å². The molecule has 0 radical (unpaired) electrons. The molecule has 1 aliphatic rings. The van der Waals surface area contributed by atoms with Gasteiger partial charge in [-0.25, -0.2) is 0 Å². The molecule has 1 aliphatic heterocycles. The fourth-order valence-electron chi connectivity index (χ4n) is 1.69. The summed E-state index contributed by atoms with van der Waals surface area (Å²) in [6, 6.07) is 0.168. The van der Waals surface area contributed by atoms with Crippen LogP contribution in [-0.2, 0) is 0 Å². The summed E-state index contributed by atoms with van der Waals surface area (Å²) in [6.07, 6.45) is 1.71. The first-order valence-corrected chi connectivity index (χ1v) is 5.38. The van der Waals surface area contributed by atoms with Crippen molar-refractivity contribution in [1.29, 1.82) is 0 Å². The van der Waals surface area contributed by atoms with Gasteiger partial charge in [0.2, 0.25) is 5.13 Å². The third kappa shape index (κ3) is 1.66. The highest BCUT2D eigenvalue weighted by Crippen LogP contribution is 2.25. The summed E-state index contributed by atoms with van der Waals surface area (Å²) in [5.41, 5.74) is 1.73. The molecular formula is C8H13N3OS. The molecule has 0 saturated carbocycles. The van der Waals surface area contributed by atoms with Crippen LogP contribution < -0.4 is 4.90 Å². The van der Waals surface area contributed by atoms with E-state index in [1.165, 1.54) is 11.3 Å². The van der Waals surface area contributed by atoms with E-state index < -0.39 is 0 Å². The van der Waals surface area contributed by atoms with Gasteiger partial charge in [0.05, 0.1) is 12.1 Å². The highest BCUT2D eigenvalue weighted by Gasteiger charge is 2.27. The molecule has 1 aromatic rings. The zero-order chi connectivity index (χ0) is 9.26. The van der Waals surface area contributed by atoms with Crippen molar-refractivity contribution in [1.82, 2.24) is 10.2 Å². The highest BCUT2D eigenvalue weighted by atomic mass is 32.1. The van der Waals surface area contributed by atoms with Crippen molar-refractivity contribution in [2.75, 3.05) is 11.4 Å². The summed E-state index contributed by atoms with van der Waals surface area (Å²) in [5, 5.41) is 18.4. The molecule has 2 heterocycles. The maximum absolute atomic E-state index is 9.66. The first-order valence-electron chi connectivity index (χ1n) is 4.50. The van der Waals surface area contributed by atoms with Crippen LogP contribution in [0, 0.1) is 0 Å². The standard InChI is InChI=1S/C8H13N3OS/c1-6-7(12)3-2-4-11(6)8-10-9-5-13-8/h5-7,12H,2-4H2,1H3. The maximum Gasteiger partial charge on any atom is 0.208 e. The number of hydrogen-bond donors (Lipinski definition) is 1. The molecule has 0 aliphatic carbocycles. The summed E-state index contributed by atoms with van der Waals surface area (Å²) in [7, 11) is 0. The van der Waals surface area contributed by atoms with Gasteiger partial charge in [0.15, 0.2) is 0 Å². The Morgan fingerprint density at radius 3 is 3.23 bits per heavy atom. The number of aliphatic hydroxyl groups excluding tert-OH is 1. The summed E-state index contributed by atoms with van der Waals surface area (Å²) in [4.78, 5) is 2.13. The van der Waals surface area contributed by atoms with Crippen LogP contribution in [0.25, 0.3) is 0 Å². The van der Waals surface area contributed by atoms with Crippen LogP contribution >= 0.6 is 11.3 Å². The van der Waals surface area contributed by atoms with E-state index in [9.17, 15) is 5.11 Å². The van der Waals surface area contributed by atoms with Gasteiger partial charge in [-0.1, -0.05) is 11.3 Å². The number of aromatic nitrogens is 2. The van der Waals surface area contributed by atoms with Crippen molar-refractivity contribution in [3.05, 3.63) is 5.51 Å². The zero-order valence-electron chi connectivity index (χ0n) is 7.55. The molecule has 2 unspecified atom stereocenters.